The molecule has 196 valence electrons. The topological polar surface area (TPSA) is 112 Å². The molecule has 0 bridgehead atoms. The molecule has 1 amide bonds. The molecule has 2 aromatic carbocycles. The summed E-state index contributed by atoms with van der Waals surface area (Å²) in [5.41, 5.74) is 1.19. The summed E-state index contributed by atoms with van der Waals surface area (Å²) in [6, 6.07) is 9.69. The lowest BCUT2D eigenvalue weighted by molar-refractivity contribution is -0.112. The van der Waals surface area contributed by atoms with E-state index in [-0.39, 0.29) is 22.2 Å². The SMILES string of the molecule is CN(C)C1(/C=C(\C#N)C(=O)Nc2cc3c(Nc4ccc(F)c(Cl)c4)ncnc3cc2O[C@@H]2CCOC2)CC1. The fourth-order valence-corrected chi connectivity index (χ4v) is 4.51. The molecule has 0 unspecified atom stereocenters. The molecule has 5 rings (SSSR count). The second kappa shape index (κ2) is 10.5. The van der Waals surface area contributed by atoms with Crippen LogP contribution < -0.4 is 15.4 Å². The fraction of sp³-hybridized carbons (Fsp3) is 0.333. The fourth-order valence-electron chi connectivity index (χ4n) is 4.33. The van der Waals surface area contributed by atoms with Crippen LogP contribution in [0, 0.1) is 17.1 Å². The van der Waals surface area contributed by atoms with Crippen molar-refractivity contribution in [3.8, 4) is 11.8 Å². The highest BCUT2D eigenvalue weighted by Gasteiger charge is 2.43. The molecule has 0 spiro atoms. The van der Waals surface area contributed by atoms with Crippen molar-refractivity contribution in [3.05, 3.63) is 59.1 Å². The van der Waals surface area contributed by atoms with Crippen LogP contribution in [0.1, 0.15) is 19.3 Å². The third-order valence-electron chi connectivity index (χ3n) is 6.78. The van der Waals surface area contributed by atoms with E-state index in [2.05, 4.69) is 20.6 Å². The average molecular weight is 537 g/mol. The van der Waals surface area contributed by atoms with Gasteiger partial charge < -0.3 is 25.0 Å². The van der Waals surface area contributed by atoms with Crippen LogP contribution in [0.25, 0.3) is 10.9 Å². The van der Waals surface area contributed by atoms with Gasteiger partial charge in [0.1, 0.15) is 41.5 Å². The monoisotopic (exact) mass is 536 g/mol. The number of aromatic nitrogens is 2. The van der Waals surface area contributed by atoms with Gasteiger partial charge in [-0.25, -0.2) is 14.4 Å². The van der Waals surface area contributed by atoms with Gasteiger partial charge in [0.05, 0.1) is 29.4 Å². The number of nitrogens with one attached hydrogen (secondary N) is 2. The normalized spacial score (nSPS) is 18.3. The summed E-state index contributed by atoms with van der Waals surface area (Å²) in [5.74, 6) is -0.244. The van der Waals surface area contributed by atoms with Crippen LogP contribution in [0.4, 0.5) is 21.6 Å². The maximum Gasteiger partial charge on any atom is 0.266 e. The van der Waals surface area contributed by atoms with E-state index in [1.165, 1.54) is 24.5 Å². The van der Waals surface area contributed by atoms with Gasteiger partial charge in [0.2, 0.25) is 0 Å². The summed E-state index contributed by atoms with van der Waals surface area (Å²) in [4.78, 5) is 24.0. The van der Waals surface area contributed by atoms with Gasteiger partial charge in [-0.2, -0.15) is 5.26 Å². The molecular formula is C27H26ClFN6O3. The Morgan fingerprint density at radius 1 is 1.32 bits per heavy atom. The van der Waals surface area contributed by atoms with E-state index in [1.54, 1.807) is 18.2 Å². The van der Waals surface area contributed by atoms with Gasteiger partial charge >= 0.3 is 0 Å². The average Bonchev–Trinajstić information content (AvgIpc) is 3.52. The summed E-state index contributed by atoms with van der Waals surface area (Å²) in [6.07, 6.45) is 5.40. The molecule has 2 heterocycles. The van der Waals surface area contributed by atoms with E-state index in [9.17, 15) is 14.4 Å². The summed E-state index contributed by atoms with van der Waals surface area (Å²) in [6.45, 7) is 1.02. The molecule has 2 N–H and O–H groups in total. The number of halogens is 2. The Hall–Kier alpha value is -3.78. The number of fused-ring (bicyclic) bond motifs is 1. The van der Waals surface area contributed by atoms with Crippen molar-refractivity contribution in [2.45, 2.75) is 30.9 Å². The second-order valence-corrected chi connectivity index (χ2v) is 9.97. The van der Waals surface area contributed by atoms with E-state index in [0.717, 1.165) is 12.8 Å². The first-order valence-corrected chi connectivity index (χ1v) is 12.5. The predicted octanol–water partition coefficient (Wildman–Crippen LogP) is 4.82. The number of carbonyl (C=O) groups excluding carboxylic acids is 1. The van der Waals surface area contributed by atoms with Gasteiger partial charge in [0, 0.05) is 29.1 Å². The van der Waals surface area contributed by atoms with Crippen LogP contribution in [0.3, 0.4) is 0 Å². The first-order valence-electron chi connectivity index (χ1n) is 12.1. The minimum Gasteiger partial charge on any atom is -0.486 e. The van der Waals surface area contributed by atoms with Crippen molar-refractivity contribution in [3.63, 3.8) is 0 Å². The number of amides is 1. The van der Waals surface area contributed by atoms with Crippen molar-refractivity contribution in [1.29, 1.82) is 5.26 Å². The lowest BCUT2D eigenvalue weighted by atomic mass is 10.1. The number of nitrogens with zero attached hydrogens (tertiary/aromatic N) is 4. The van der Waals surface area contributed by atoms with Crippen molar-refractivity contribution in [2.75, 3.05) is 37.9 Å². The molecule has 9 nitrogen and oxygen atoms in total. The Balaban J connectivity index is 1.52. The molecule has 1 aromatic heterocycles. The number of hydrogen-bond donors (Lipinski definition) is 2. The number of benzene rings is 2. The van der Waals surface area contributed by atoms with E-state index in [1.807, 2.05) is 25.1 Å². The van der Waals surface area contributed by atoms with Crippen molar-refractivity contribution in [2.24, 2.45) is 0 Å². The molecule has 2 aliphatic rings. The Labute approximate surface area is 224 Å². The van der Waals surface area contributed by atoms with E-state index in [4.69, 9.17) is 21.1 Å². The molecule has 3 aromatic rings. The van der Waals surface area contributed by atoms with E-state index in [0.29, 0.717) is 53.5 Å². The Morgan fingerprint density at radius 3 is 2.79 bits per heavy atom. The Morgan fingerprint density at radius 2 is 2.13 bits per heavy atom. The summed E-state index contributed by atoms with van der Waals surface area (Å²) in [5, 5.41) is 16.3. The van der Waals surface area contributed by atoms with Crippen molar-refractivity contribution in [1.82, 2.24) is 14.9 Å². The zero-order chi connectivity index (χ0) is 26.9. The molecule has 11 heteroatoms. The standard InChI is InChI=1S/C27H26ClFN6O3/c1-35(2)27(6-7-27)12-16(13-30)26(36)34-23-10-19-22(11-24(23)38-18-5-8-37-14-18)31-15-32-25(19)33-17-3-4-21(29)20(28)9-17/h3-4,9-12,15,18H,5-8,14H2,1-2H3,(H,34,36)(H,31,32,33)/b16-12+/t18-/m1/s1. The third-order valence-corrected chi connectivity index (χ3v) is 7.07. The van der Waals surface area contributed by atoms with Crippen LogP contribution in [-0.4, -0.2) is 59.7 Å². The maximum absolute atomic E-state index is 13.6. The molecule has 1 atom stereocenters. The molecule has 2 fully saturated rings. The first-order chi connectivity index (χ1) is 18.3. The third kappa shape index (κ3) is 5.41. The van der Waals surface area contributed by atoms with Gasteiger partial charge in [-0.3, -0.25) is 4.79 Å². The molecule has 0 radical (unpaired) electrons. The van der Waals surface area contributed by atoms with Gasteiger partial charge in [0.15, 0.2) is 0 Å². The van der Waals surface area contributed by atoms with Gasteiger partial charge in [0.25, 0.3) is 5.91 Å². The van der Waals surface area contributed by atoms with Crippen LogP contribution >= 0.6 is 11.6 Å². The van der Waals surface area contributed by atoms with Crippen molar-refractivity contribution >= 4 is 45.6 Å². The van der Waals surface area contributed by atoms with Crippen LogP contribution in [-0.2, 0) is 9.53 Å². The summed E-state index contributed by atoms with van der Waals surface area (Å²) >= 11 is 5.94. The predicted molar refractivity (Wildman–Crippen MR) is 142 cm³/mol. The Bertz CT molecular complexity index is 1460. The van der Waals surface area contributed by atoms with E-state index < -0.39 is 11.7 Å². The molecule has 1 aliphatic heterocycles. The number of ether oxygens (including phenoxy) is 2. The van der Waals surface area contributed by atoms with Crippen molar-refractivity contribution < 1.29 is 18.7 Å². The first kappa shape index (κ1) is 25.9. The second-order valence-electron chi connectivity index (χ2n) is 9.57. The van der Waals surface area contributed by atoms with Crippen LogP contribution in [0.5, 0.6) is 5.75 Å². The maximum atomic E-state index is 13.6. The highest BCUT2D eigenvalue weighted by atomic mass is 35.5. The van der Waals surface area contributed by atoms with Gasteiger partial charge in [-0.05, 0) is 57.3 Å². The zero-order valence-corrected chi connectivity index (χ0v) is 21.7. The molecule has 1 aliphatic carbocycles. The lowest BCUT2D eigenvalue weighted by Crippen LogP contribution is -2.29. The summed E-state index contributed by atoms with van der Waals surface area (Å²) < 4.78 is 25.3. The summed E-state index contributed by atoms with van der Waals surface area (Å²) in [7, 11) is 3.86. The quantitative estimate of drug-likeness (QED) is 0.311. The minimum atomic E-state index is -0.538. The lowest BCUT2D eigenvalue weighted by Gasteiger charge is -2.20. The number of hydrogen-bond acceptors (Lipinski definition) is 8. The Kier molecular flexibility index (Phi) is 7.17. The molecule has 1 saturated heterocycles. The zero-order valence-electron chi connectivity index (χ0n) is 20.9. The van der Waals surface area contributed by atoms with Gasteiger partial charge in [-0.1, -0.05) is 11.6 Å². The number of likely N-dealkylation sites (N-methyl/N-ethyl adjacent to an activating group) is 1. The highest BCUT2D eigenvalue weighted by Crippen LogP contribution is 2.42. The largest absolute Gasteiger partial charge is 0.486 e. The van der Waals surface area contributed by atoms with Crippen LogP contribution in [0.2, 0.25) is 5.02 Å². The number of carbonyl (C=O) groups is 1. The van der Waals surface area contributed by atoms with Crippen LogP contribution in [0.15, 0.2) is 48.3 Å². The number of nitriles is 1. The molecule has 1 saturated carbocycles. The molecular weight excluding hydrogens is 511 g/mol. The van der Waals surface area contributed by atoms with E-state index >= 15 is 0 Å². The highest BCUT2D eigenvalue weighted by molar-refractivity contribution is 6.31. The molecule has 38 heavy (non-hydrogen) atoms. The minimum absolute atomic E-state index is 0.0232. The smallest absolute Gasteiger partial charge is 0.266 e. The number of anilines is 3. The van der Waals surface area contributed by atoms with Gasteiger partial charge in [-0.15, -0.1) is 0 Å². The number of rotatable bonds is 8.